The summed E-state index contributed by atoms with van der Waals surface area (Å²) in [5, 5.41) is 0. The first-order chi connectivity index (χ1) is 27.5. The Labute approximate surface area is 336 Å². The third-order valence-corrected chi connectivity index (χ3v) is 11.4. The van der Waals surface area contributed by atoms with Gasteiger partial charge >= 0.3 is 7.82 Å². The number of phosphoric acid groups is 1. The second kappa shape index (κ2) is 19.2. The Kier molecular flexibility index (Phi) is 14.1. The molecule has 2 saturated heterocycles. The summed E-state index contributed by atoms with van der Waals surface area (Å²) in [5.74, 6) is -1.06. The minimum Gasteiger partial charge on any atom is -0.372 e. The van der Waals surface area contributed by atoms with E-state index in [-0.39, 0.29) is 38.4 Å². The molecule has 0 amide bonds. The number of benzene rings is 4. The summed E-state index contributed by atoms with van der Waals surface area (Å²) < 4.78 is 79.9. The summed E-state index contributed by atoms with van der Waals surface area (Å²) in [5.41, 5.74) is 3.45. The highest BCUT2D eigenvalue weighted by molar-refractivity contribution is 7.48. The highest BCUT2D eigenvalue weighted by atomic mass is 31.2. The second-order valence-corrected chi connectivity index (χ2v) is 17.6. The van der Waals surface area contributed by atoms with E-state index in [9.17, 15) is 0 Å². The molecule has 0 spiro atoms. The first kappa shape index (κ1) is 41.9. The first-order valence-electron chi connectivity index (χ1n) is 19.7. The van der Waals surface area contributed by atoms with Crippen LogP contribution in [0, 0.1) is 5.41 Å². The van der Waals surface area contributed by atoms with Gasteiger partial charge in [-0.05, 0) is 36.1 Å². The van der Waals surface area contributed by atoms with E-state index in [2.05, 4.69) is 13.8 Å². The van der Waals surface area contributed by atoms with Gasteiger partial charge in [0.25, 0.3) is 0 Å². The normalized spacial score (nSPS) is 25.9. The number of phosphoric ester groups is 1. The number of hydrogen-bond donors (Lipinski definition) is 0. The SMILES string of the molecule is CC1(C)COC(CCO[C@@H]2[C@@H](OCc3ccccc3)[C@H](OCc3ccccc3)[C@H]3OC(C)(C)O[C@H]3[C@H]2OP(=O)(OCc2ccccc2)OCc2ccccc2)OC1. The van der Waals surface area contributed by atoms with Crippen LogP contribution in [0.3, 0.4) is 0 Å². The van der Waals surface area contributed by atoms with Gasteiger partial charge < -0.3 is 33.2 Å². The van der Waals surface area contributed by atoms with Crippen molar-refractivity contribution in [3.05, 3.63) is 144 Å². The van der Waals surface area contributed by atoms with Crippen molar-refractivity contribution in [1.82, 2.24) is 0 Å². The maximum atomic E-state index is 15.1. The van der Waals surface area contributed by atoms with Crippen LogP contribution in [-0.4, -0.2) is 68.5 Å². The van der Waals surface area contributed by atoms with Crippen molar-refractivity contribution >= 4 is 7.82 Å². The fraction of sp³-hybridized carbons (Fsp3) is 0.467. The average molecular weight is 803 g/mol. The summed E-state index contributed by atoms with van der Waals surface area (Å²) in [6.07, 6.45) is -4.99. The van der Waals surface area contributed by atoms with Gasteiger partial charge in [-0.15, -0.1) is 0 Å². The molecule has 12 heteroatoms. The van der Waals surface area contributed by atoms with E-state index in [4.69, 9.17) is 46.7 Å². The molecule has 2 aliphatic heterocycles. The van der Waals surface area contributed by atoms with Gasteiger partial charge in [-0.3, -0.25) is 13.6 Å². The molecule has 1 saturated carbocycles. The first-order valence-corrected chi connectivity index (χ1v) is 21.2. The van der Waals surface area contributed by atoms with Crippen LogP contribution in [0.1, 0.15) is 56.4 Å². The molecule has 2 heterocycles. The van der Waals surface area contributed by atoms with Gasteiger partial charge in [0.2, 0.25) is 0 Å². The summed E-state index contributed by atoms with van der Waals surface area (Å²) in [6, 6.07) is 38.7. The summed E-state index contributed by atoms with van der Waals surface area (Å²) in [6.45, 7) is 9.69. The van der Waals surface area contributed by atoms with Crippen LogP contribution < -0.4 is 0 Å². The van der Waals surface area contributed by atoms with Crippen molar-refractivity contribution in [2.75, 3.05) is 19.8 Å². The Bertz CT molecular complexity index is 1790. The van der Waals surface area contributed by atoms with Gasteiger partial charge in [-0.1, -0.05) is 135 Å². The Hall–Kier alpha value is -3.29. The van der Waals surface area contributed by atoms with E-state index < -0.39 is 56.5 Å². The molecule has 4 aromatic rings. The lowest BCUT2D eigenvalue weighted by Crippen LogP contribution is -2.65. The van der Waals surface area contributed by atoms with Gasteiger partial charge in [0, 0.05) is 11.8 Å². The maximum Gasteiger partial charge on any atom is 0.475 e. The maximum absolute atomic E-state index is 15.1. The number of rotatable bonds is 18. The van der Waals surface area contributed by atoms with Crippen molar-refractivity contribution in [2.45, 2.75) is 109 Å². The van der Waals surface area contributed by atoms with E-state index in [0.717, 1.165) is 22.3 Å². The van der Waals surface area contributed by atoms with Crippen LogP contribution in [0.5, 0.6) is 0 Å². The van der Waals surface area contributed by atoms with Crippen molar-refractivity contribution in [3.63, 3.8) is 0 Å². The molecular formula is C45H55O11P. The van der Waals surface area contributed by atoms with Crippen LogP contribution >= 0.6 is 7.82 Å². The third kappa shape index (κ3) is 11.7. The van der Waals surface area contributed by atoms with Gasteiger partial charge in [0.15, 0.2) is 12.1 Å². The topological polar surface area (TPSA) is 109 Å². The Morgan fingerprint density at radius 1 is 0.544 bits per heavy atom. The fourth-order valence-corrected chi connectivity index (χ4v) is 8.54. The molecule has 306 valence electrons. The minimum absolute atomic E-state index is 0.0223. The van der Waals surface area contributed by atoms with E-state index >= 15 is 4.57 Å². The zero-order valence-electron chi connectivity index (χ0n) is 33.2. The van der Waals surface area contributed by atoms with Crippen molar-refractivity contribution < 1.29 is 51.3 Å². The van der Waals surface area contributed by atoms with Crippen LogP contribution in [0.4, 0.5) is 0 Å². The summed E-state index contributed by atoms with van der Waals surface area (Å²) in [4.78, 5) is 0. The lowest BCUT2D eigenvalue weighted by Gasteiger charge is -2.47. The zero-order chi connectivity index (χ0) is 39.7. The molecule has 6 atom stereocenters. The van der Waals surface area contributed by atoms with Crippen molar-refractivity contribution in [2.24, 2.45) is 5.41 Å². The molecule has 3 fully saturated rings. The van der Waals surface area contributed by atoms with Crippen LogP contribution in [0.2, 0.25) is 0 Å². The Morgan fingerprint density at radius 3 is 1.42 bits per heavy atom. The molecule has 7 rings (SSSR count). The van der Waals surface area contributed by atoms with E-state index in [1.165, 1.54) is 0 Å². The lowest BCUT2D eigenvalue weighted by atomic mass is 9.84. The van der Waals surface area contributed by atoms with Gasteiger partial charge in [0.1, 0.15) is 36.6 Å². The second-order valence-electron chi connectivity index (χ2n) is 16.0. The highest BCUT2D eigenvalue weighted by Crippen LogP contribution is 2.55. The van der Waals surface area contributed by atoms with Crippen molar-refractivity contribution in [1.29, 1.82) is 0 Å². The Balaban J connectivity index is 1.23. The molecule has 1 aliphatic carbocycles. The van der Waals surface area contributed by atoms with Crippen LogP contribution in [0.15, 0.2) is 121 Å². The van der Waals surface area contributed by atoms with Crippen LogP contribution in [-0.2, 0) is 77.7 Å². The zero-order valence-corrected chi connectivity index (χ0v) is 34.1. The molecular weight excluding hydrogens is 747 g/mol. The molecule has 0 bridgehead atoms. The predicted molar refractivity (Wildman–Crippen MR) is 213 cm³/mol. The minimum atomic E-state index is -4.37. The molecule has 3 aliphatic rings. The Morgan fingerprint density at radius 2 is 0.947 bits per heavy atom. The van der Waals surface area contributed by atoms with Gasteiger partial charge in [0.05, 0.1) is 46.2 Å². The van der Waals surface area contributed by atoms with E-state index in [1.807, 2.05) is 135 Å². The molecule has 11 nitrogen and oxygen atoms in total. The summed E-state index contributed by atoms with van der Waals surface area (Å²) in [7, 11) is -4.37. The van der Waals surface area contributed by atoms with Crippen LogP contribution in [0.25, 0.3) is 0 Å². The summed E-state index contributed by atoms with van der Waals surface area (Å²) >= 11 is 0. The van der Waals surface area contributed by atoms with Gasteiger partial charge in [-0.2, -0.15) is 0 Å². The molecule has 57 heavy (non-hydrogen) atoms. The number of fused-ring (bicyclic) bond motifs is 1. The molecule has 0 radical (unpaired) electrons. The highest BCUT2D eigenvalue weighted by Gasteiger charge is 2.62. The standard InChI is InChI=1S/C45H55O11P/c1-44(2)31-50-37(51-32-44)25-26-47-40-38(48-27-33-17-9-5-10-18-33)39(49-28-34-19-11-6-12-20-34)41-42(55-45(3,4)54-41)43(40)56-57(46,52-29-35-21-13-7-14-22-35)53-30-36-23-15-8-16-24-36/h5-24,37-43H,25-32H2,1-4H3/t38-,39-,40+,41+,42+,43-/m0/s1. The lowest BCUT2D eigenvalue weighted by molar-refractivity contribution is -0.250. The van der Waals surface area contributed by atoms with E-state index in [1.54, 1.807) is 0 Å². The predicted octanol–water partition coefficient (Wildman–Crippen LogP) is 8.79. The monoisotopic (exact) mass is 802 g/mol. The molecule has 0 aromatic heterocycles. The van der Waals surface area contributed by atoms with Gasteiger partial charge in [-0.25, -0.2) is 4.57 Å². The molecule has 0 N–H and O–H groups in total. The van der Waals surface area contributed by atoms with E-state index in [0.29, 0.717) is 19.6 Å². The smallest absolute Gasteiger partial charge is 0.372 e. The molecule has 0 unspecified atom stereocenters. The largest absolute Gasteiger partial charge is 0.475 e. The molecule has 4 aromatic carbocycles. The number of hydrogen-bond acceptors (Lipinski definition) is 11. The fourth-order valence-electron chi connectivity index (χ4n) is 7.19. The average Bonchev–Trinajstić information content (AvgIpc) is 3.56. The quantitative estimate of drug-likeness (QED) is 0.0901. The van der Waals surface area contributed by atoms with Crippen molar-refractivity contribution in [3.8, 4) is 0 Å². The third-order valence-electron chi connectivity index (χ3n) is 10.1. The number of ether oxygens (including phenoxy) is 7.